The third-order valence-corrected chi connectivity index (χ3v) is 2.73. The highest BCUT2D eigenvalue weighted by Crippen LogP contribution is 2.37. The molecule has 0 aromatic heterocycles. The Morgan fingerprint density at radius 3 is 2.77 bits per heavy atom. The second-order valence-electron chi connectivity index (χ2n) is 3.70. The number of nitrogens with zero attached hydrogens (tertiary/aromatic N) is 1. The second kappa shape index (κ2) is 3.64. The molecule has 2 rings (SSSR count). The summed E-state index contributed by atoms with van der Waals surface area (Å²) >= 11 is 0. The van der Waals surface area contributed by atoms with Gasteiger partial charge in [0, 0.05) is 12.8 Å². The molecule has 0 radical (unpaired) electrons. The highest BCUT2D eigenvalue weighted by Gasteiger charge is 2.41. The lowest BCUT2D eigenvalue weighted by atomic mass is 9.94. The Morgan fingerprint density at radius 2 is 2.08 bits per heavy atom. The van der Waals surface area contributed by atoms with Crippen LogP contribution < -0.4 is 0 Å². The van der Waals surface area contributed by atoms with E-state index in [1.54, 1.807) is 0 Å². The molecule has 0 unspecified atom stereocenters. The minimum absolute atomic E-state index is 0.164. The van der Waals surface area contributed by atoms with Crippen molar-refractivity contribution in [3.63, 3.8) is 0 Å². The monoisotopic (exact) mass is 185 g/mol. The fourth-order valence-corrected chi connectivity index (χ4v) is 2.08. The summed E-state index contributed by atoms with van der Waals surface area (Å²) in [6.07, 6.45) is 6.79. The SMILES string of the molecule is ON=C[C@@H]1COC2(CCCCC2)O1. The van der Waals surface area contributed by atoms with Crippen LogP contribution in [0.1, 0.15) is 32.1 Å². The predicted molar refractivity (Wildman–Crippen MR) is 46.9 cm³/mol. The molecule has 0 aromatic rings. The number of hydrogen-bond acceptors (Lipinski definition) is 4. The van der Waals surface area contributed by atoms with E-state index in [1.807, 2.05) is 0 Å². The zero-order chi connectivity index (χ0) is 9.15. The van der Waals surface area contributed by atoms with Crippen molar-refractivity contribution < 1.29 is 14.7 Å². The fraction of sp³-hybridized carbons (Fsp3) is 0.889. The topological polar surface area (TPSA) is 51.1 Å². The number of oxime groups is 1. The van der Waals surface area contributed by atoms with Crippen LogP contribution >= 0.6 is 0 Å². The molecule has 0 amide bonds. The molecule has 4 heteroatoms. The van der Waals surface area contributed by atoms with Gasteiger partial charge in [0.05, 0.1) is 12.8 Å². The van der Waals surface area contributed by atoms with Gasteiger partial charge in [0.25, 0.3) is 0 Å². The third kappa shape index (κ3) is 1.84. The van der Waals surface area contributed by atoms with Crippen LogP contribution in [0.2, 0.25) is 0 Å². The summed E-state index contributed by atoms with van der Waals surface area (Å²) in [5.74, 6) is -0.357. The molecule has 74 valence electrons. The van der Waals surface area contributed by atoms with Crippen molar-refractivity contribution in [1.29, 1.82) is 0 Å². The lowest BCUT2D eigenvalue weighted by Crippen LogP contribution is -2.33. The van der Waals surface area contributed by atoms with E-state index in [1.165, 1.54) is 25.5 Å². The molecule has 1 aliphatic heterocycles. The van der Waals surface area contributed by atoms with E-state index in [2.05, 4.69) is 5.16 Å². The van der Waals surface area contributed by atoms with Gasteiger partial charge in [-0.05, 0) is 12.8 Å². The Balaban J connectivity index is 1.94. The molecule has 1 atom stereocenters. The summed E-state index contributed by atoms with van der Waals surface area (Å²) in [6, 6.07) is 0. The van der Waals surface area contributed by atoms with Gasteiger partial charge in [-0.15, -0.1) is 0 Å². The van der Waals surface area contributed by atoms with Crippen molar-refractivity contribution in [2.75, 3.05) is 6.61 Å². The van der Waals surface area contributed by atoms with Gasteiger partial charge in [-0.1, -0.05) is 11.6 Å². The summed E-state index contributed by atoms with van der Waals surface area (Å²) in [5.41, 5.74) is 0. The van der Waals surface area contributed by atoms with Crippen LogP contribution in [0.25, 0.3) is 0 Å². The zero-order valence-corrected chi connectivity index (χ0v) is 7.61. The summed E-state index contributed by atoms with van der Waals surface area (Å²) in [5, 5.41) is 11.3. The van der Waals surface area contributed by atoms with Crippen molar-refractivity contribution in [2.24, 2.45) is 5.16 Å². The second-order valence-corrected chi connectivity index (χ2v) is 3.70. The normalized spacial score (nSPS) is 33.1. The van der Waals surface area contributed by atoms with Crippen molar-refractivity contribution in [2.45, 2.75) is 44.0 Å². The van der Waals surface area contributed by atoms with Crippen LogP contribution in [0.5, 0.6) is 0 Å². The molecule has 2 aliphatic rings. The van der Waals surface area contributed by atoms with Gasteiger partial charge < -0.3 is 14.7 Å². The third-order valence-electron chi connectivity index (χ3n) is 2.73. The maximum absolute atomic E-state index is 8.35. The minimum atomic E-state index is -0.357. The van der Waals surface area contributed by atoms with Crippen LogP contribution in [-0.4, -0.2) is 29.9 Å². The first-order valence-corrected chi connectivity index (χ1v) is 4.84. The van der Waals surface area contributed by atoms with E-state index >= 15 is 0 Å². The maximum atomic E-state index is 8.35. The molecule has 1 saturated carbocycles. The Morgan fingerprint density at radius 1 is 1.31 bits per heavy atom. The Kier molecular flexibility index (Phi) is 2.51. The zero-order valence-electron chi connectivity index (χ0n) is 7.61. The molecular weight excluding hydrogens is 170 g/mol. The molecule has 2 fully saturated rings. The molecular formula is C9H15NO3. The Bertz CT molecular complexity index is 199. The maximum Gasteiger partial charge on any atom is 0.169 e. The fourth-order valence-electron chi connectivity index (χ4n) is 2.08. The first-order valence-electron chi connectivity index (χ1n) is 4.84. The quantitative estimate of drug-likeness (QED) is 0.383. The van der Waals surface area contributed by atoms with E-state index < -0.39 is 0 Å². The van der Waals surface area contributed by atoms with Gasteiger partial charge in [0.2, 0.25) is 0 Å². The summed E-state index contributed by atoms with van der Waals surface area (Å²) in [7, 11) is 0. The average molecular weight is 185 g/mol. The number of rotatable bonds is 1. The van der Waals surface area contributed by atoms with Crippen molar-refractivity contribution in [3.8, 4) is 0 Å². The molecule has 1 aliphatic carbocycles. The summed E-state index contributed by atoms with van der Waals surface area (Å²) in [4.78, 5) is 0. The lowest BCUT2D eigenvalue weighted by molar-refractivity contribution is -0.181. The molecule has 1 heterocycles. The van der Waals surface area contributed by atoms with Crippen molar-refractivity contribution >= 4 is 6.21 Å². The minimum Gasteiger partial charge on any atom is -0.411 e. The van der Waals surface area contributed by atoms with Crippen molar-refractivity contribution in [1.82, 2.24) is 0 Å². The predicted octanol–water partition coefficient (Wildman–Crippen LogP) is 1.52. The average Bonchev–Trinajstić information content (AvgIpc) is 2.51. The molecule has 4 nitrogen and oxygen atoms in total. The van der Waals surface area contributed by atoms with Crippen LogP contribution in [-0.2, 0) is 9.47 Å². The van der Waals surface area contributed by atoms with Crippen LogP contribution in [0.4, 0.5) is 0 Å². The van der Waals surface area contributed by atoms with Crippen molar-refractivity contribution in [3.05, 3.63) is 0 Å². The molecule has 0 aromatic carbocycles. The number of hydrogen-bond donors (Lipinski definition) is 1. The molecule has 0 bridgehead atoms. The van der Waals surface area contributed by atoms with Gasteiger partial charge in [0.15, 0.2) is 5.79 Å². The standard InChI is InChI=1S/C9H15NO3/c11-10-6-8-7-12-9(13-8)4-2-1-3-5-9/h6,8,11H,1-5,7H2/t8-/m1/s1. The molecule has 1 spiro atoms. The van der Waals surface area contributed by atoms with Gasteiger partial charge in [0.1, 0.15) is 6.10 Å². The van der Waals surface area contributed by atoms with Crippen LogP contribution in [0.3, 0.4) is 0 Å². The Hall–Kier alpha value is -0.610. The molecule has 1 saturated heterocycles. The molecule has 13 heavy (non-hydrogen) atoms. The van der Waals surface area contributed by atoms with E-state index in [9.17, 15) is 0 Å². The van der Waals surface area contributed by atoms with E-state index in [0.29, 0.717) is 6.61 Å². The van der Waals surface area contributed by atoms with E-state index in [4.69, 9.17) is 14.7 Å². The van der Waals surface area contributed by atoms with Gasteiger partial charge in [-0.3, -0.25) is 0 Å². The van der Waals surface area contributed by atoms with Crippen LogP contribution in [0, 0.1) is 0 Å². The largest absolute Gasteiger partial charge is 0.411 e. The Labute approximate surface area is 77.5 Å². The summed E-state index contributed by atoms with van der Waals surface area (Å²) < 4.78 is 11.3. The van der Waals surface area contributed by atoms with Gasteiger partial charge >= 0.3 is 0 Å². The first-order chi connectivity index (χ1) is 6.35. The summed E-state index contributed by atoms with van der Waals surface area (Å²) in [6.45, 7) is 0.518. The number of ether oxygens (including phenoxy) is 2. The smallest absolute Gasteiger partial charge is 0.169 e. The van der Waals surface area contributed by atoms with Crippen LogP contribution in [0.15, 0.2) is 5.16 Å². The lowest BCUT2D eigenvalue weighted by Gasteiger charge is -2.31. The highest BCUT2D eigenvalue weighted by molar-refractivity contribution is 5.62. The van der Waals surface area contributed by atoms with E-state index in [-0.39, 0.29) is 11.9 Å². The van der Waals surface area contributed by atoms with Gasteiger partial charge in [-0.25, -0.2) is 0 Å². The molecule has 1 N–H and O–H groups in total. The van der Waals surface area contributed by atoms with E-state index in [0.717, 1.165) is 12.8 Å². The first kappa shape index (κ1) is 8.97. The highest BCUT2D eigenvalue weighted by atomic mass is 16.7. The van der Waals surface area contributed by atoms with Gasteiger partial charge in [-0.2, -0.15) is 0 Å².